The van der Waals surface area contributed by atoms with Crippen molar-refractivity contribution in [2.75, 3.05) is 6.61 Å². The molecule has 75 valence electrons. The first-order valence-corrected chi connectivity index (χ1v) is 4.73. The Morgan fingerprint density at radius 1 is 1.29 bits per heavy atom. The van der Waals surface area contributed by atoms with E-state index in [2.05, 4.69) is 0 Å². The van der Waals surface area contributed by atoms with Crippen LogP contribution in [0, 0.1) is 5.92 Å². The van der Waals surface area contributed by atoms with Gasteiger partial charge in [0.2, 0.25) is 0 Å². The van der Waals surface area contributed by atoms with E-state index in [4.69, 9.17) is 4.74 Å². The maximum absolute atomic E-state index is 11.4. The van der Waals surface area contributed by atoms with E-state index in [-0.39, 0.29) is 5.97 Å². The molecule has 0 aliphatic rings. The first-order valence-electron chi connectivity index (χ1n) is 4.73. The Hall–Kier alpha value is -1.31. The number of carbonyl (C=O) groups is 1. The standard InChI is InChI=1S/C12H15O2/c1-4-14-12(13)11-7-5-6-10(8-11)9(2)3/h5-8H,4H2,1-3H3. The van der Waals surface area contributed by atoms with Gasteiger partial charge in [0.25, 0.3) is 0 Å². The third-order valence-electron chi connectivity index (χ3n) is 1.95. The first kappa shape index (κ1) is 10.8. The molecular formula is C12H15O2. The van der Waals surface area contributed by atoms with Gasteiger partial charge in [-0.3, -0.25) is 0 Å². The third kappa shape index (κ3) is 2.59. The summed E-state index contributed by atoms with van der Waals surface area (Å²) < 4.78 is 4.91. The fraction of sp³-hybridized carbons (Fsp3) is 0.333. The smallest absolute Gasteiger partial charge is 0.338 e. The van der Waals surface area contributed by atoms with Crippen LogP contribution < -0.4 is 0 Å². The molecule has 14 heavy (non-hydrogen) atoms. The Morgan fingerprint density at radius 3 is 2.50 bits per heavy atom. The van der Waals surface area contributed by atoms with Crippen LogP contribution in [0.1, 0.15) is 36.7 Å². The predicted molar refractivity (Wildman–Crippen MR) is 56.1 cm³/mol. The molecule has 0 spiro atoms. The van der Waals surface area contributed by atoms with E-state index in [1.165, 1.54) is 5.92 Å². The second-order valence-electron chi connectivity index (χ2n) is 3.30. The van der Waals surface area contributed by atoms with Crippen LogP contribution in [0.15, 0.2) is 24.3 Å². The van der Waals surface area contributed by atoms with Gasteiger partial charge in [-0.05, 0) is 30.5 Å². The van der Waals surface area contributed by atoms with E-state index >= 15 is 0 Å². The van der Waals surface area contributed by atoms with E-state index in [9.17, 15) is 4.79 Å². The van der Waals surface area contributed by atoms with E-state index < -0.39 is 0 Å². The minimum atomic E-state index is -0.254. The van der Waals surface area contributed by atoms with Crippen molar-refractivity contribution in [3.05, 3.63) is 41.3 Å². The lowest BCUT2D eigenvalue weighted by Crippen LogP contribution is -2.05. The molecule has 2 nitrogen and oxygen atoms in total. The van der Waals surface area contributed by atoms with Gasteiger partial charge in [-0.15, -0.1) is 0 Å². The van der Waals surface area contributed by atoms with Gasteiger partial charge in [-0.1, -0.05) is 26.0 Å². The molecular weight excluding hydrogens is 176 g/mol. The fourth-order valence-corrected chi connectivity index (χ4v) is 1.17. The number of carbonyl (C=O) groups excluding carboxylic acids is 1. The van der Waals surface area contributed by atoms with Crippen LogP contribution in [0.4, 0.5) is 0 Å². The molecule has 0 atom stereocenters. The summed E-state index contributed by atoms with van der Waals surface area (Å²) >= 11 is 0. The highest BCUT2D eigenvalue weighted by Crippen LogP contribution is 2.15. The predicted octanol–water partition coefficient (Wildman–Crippen LogP) is 2.83. The molecule has 1 radical (unpaired) electrons. The number of hydrogen-bond donors (Lipinski definition) is 0. The van der Waals surface area contributed by atoms with E-state index in [1.807, 2.05) is 32.0 Å². The normalized spacial score (nSPS) is 10.3. The molecule has 0 saturated heterocycles. The van der Waals surface area contributed by atoms with Crippen molar-refractivity contribution in [3.63, 3.8) is 0 Å². The maximum Gasteiger partial charge on any atom is 0.338 e. The molecule has 0 N–H and O–H groups in total. The van der Waals surface area contributed by atoms with E-state index in [1.54, 1.807) is 13.0 Å². The molecule has 0 heterocycles. The highest BCUT2D eigenvalue weighted by molar-refractivity contribution is 5.89. The molecule has 0 aliphatic carbocycles. The summed E-state index contributed by atoms with van der Waals surface area (Å²) in [5.74, 6) is 0.937. The zero-order valence-corrected chi connectivity index (χ0v) is 8.83. The average Bonchev–Trinajstić information content (AvgIpc) is 2.18. The lowest BCUT2D eigenvalue weighted by atomic mass is 10.0. The minimum absolute atomic E-state index is 0.254. The number of rotatable bonds is 3. The molecule has 0 unspecified atom stereocenters. The summed E-state index contributed by atoms with van der Waals surface area (Å²) in [5, 5.41) is 0. The SMILES string of the molecule is CCOC(=O)c1cccc([C](C)C)c1. The Balaban J connectivity index is 2.88. The van der Waals surface area contributed by atoms with Gasteiger partial charge in [0, 0.05) is 0 Å². The number of ether oxygens (including phenoxy) is 1. The molecule has 0 fully saturated rings. The molecule has 1 rings (SSSR count). The summed E-state index contributed by atoms with van der Waals surface area (Å²) in [5.41, 5.74) is 1.70. The molecule has 0 aromatic heterocycles. The zero-order valence-electron chi connectivity index (χ0n) is 8.83. The van der Waals surface area contributed by atoms with Gasteiger partial charge in [0.05, 0.1) is 12.2 Å². The van der Waals surface area contributed by atoms with E-state index in [0.29, 0.717) is 12.2 Å². The van der Waals surface area contributed by atoms with Gasteiger partial charge in [-0.2, -0.15) is 0 Å². The Bertz CT molecular complexity index is 316. The van der Waals surface area contributed by atoms with Crippen molar-refractivity contribution < 1.29 is 9.53 Å². The summed E-state index contributed by atoms with van der Waals surface area (Å²) in [6, 6.07) is 7.48. The van der Waals surface area contributed by atoms with Crippen molar-refractivity contribution in [3.8, 4) is 0 Å². The van der Waals surface area contributed by atoms with Crippen molar-refractivity contribution in [2.45, 2.75) is 20.8 Å². The van der Waals surface area contributed by atoms with Crippen LogP contribution in [-0.4, -0.2) is 12.6 Å². The zero-order chi connectivity index (χ0) is 10.6. The van der Waals surface area contributed by atoms with Crippen LogP contribution in [0.2, 0.25) is 0 Å². The lowest BCUT2D eigenvalue weighted by Gasteiger charge is -2.06. The third-order valence-corrected chi connectivity index (χ3v) is 1.95. The summed E-state index contributed by atoms with van der Waals surface area (Å²) in [7, 11) is 0. The molecule has 0 amide bonds. The van der Waals surface area contributed by atoms with Crippen molar-refractivity contribution in [1.82, 2.24) is 0 Å². The quantitative estimate of drug-likeness (QED) is 0.687. The van der Waals surface area contributed by atoms with Crippen LogP contribution in [0.25, 0.3) is 0 Å². The first-order chi connectivity index (χ1) is 6.65. The van der Waals surface area contributed by atoms with Crippen LogP contribution in [0.5, 0.6) is 0 Å². The van der Waals surface area contributed by atoms with Gasteiger partial charge >= 0.3 is 5.97 Å². The molecule has 0 saturated carbocycles. The van der Waals surface area contributed by atoms with Gasteiger partial charge in [-0.25, -0.2) is 4.79 Å². The monoisotopic (exact) mass is 191 g/mol. The number of esters is 1. The molecule has 1 aromatic rings. The molecule has 0 aliphatic heterocycles. The summed E-state index contributed by atoms with van der Waals surface area (Å²) in [6.45, 7) is 6.26. The minimum Gasteiger partial charge on any atom is -0.462 e. The molecule has 2 heteroatoms. The second-order valence-corrected chi connectivity index (χ2v) is 3.30. The maximum atomic E-state index is 11.4. The van der Waals surface area contributed by atoms with Gasteiger partial charge in [0.1, 0.15) is 0 Å². The second kappa shape index (κ2) is 4.80. The highest BCUT2D eigenvalue weighted by Gasteiger charge is 2.07. The summed E-state index contributed by atoms with van der Waals surface area (Å²) in [4.78, 5) is 11.4. The van der Waals surface area contributed by atoms with Crippen LogP contribution in [0.3, 0.4) is 0 Å². The Morgan fingerprint density at radius 2 is 1.93 bits per heavy atom. The van der Waals surface area contributed by atoms with Crippen LogP contribution in [-0.2, 0) is 4.74 Å². The highest BCUT2D eigenvalue weighted by atomic mass is 16.5. The number of benzene rings is 1. The van der Waals surface area contributed by atoms with Gasteiger partial charge < -0.3 is 4.74 Å². The Kier molecular flexibility index (Phi) is 3.69. The van der Waals surface area contributed by atoms with Crippen molar-refractivity contribution in [2.24, 2.45) is 0 Å². The molecule has 0 bridgehead atoms. The lowest BCUT2D eigenvalue weighted by molar-refractivity contribution is 0.0526. The van der Waals surface area contributed by atoms with Crippen LogP contribution >= 0.6 is 0 Å². The topological polar surface area (TPSA) is 26.3 Å². The summed E-state index contributed by atoms with van der Waals surface area (Å²) in [6.07, 6.45) is 0. The van der Waals surface area contributed by atoms with Crippen molar-refractivity contribution >= 4 is 5.97 Å². The van der Waals surface area contributed by atoms with Crippen molar-refractivity contribution in [1.29, 1.82) is 0 Å². The largest absolute Gasteiger partial charge is 0.462 e. The number of hydrogen-bond acceptors (Lipinski definition) is 2. The van der Waals surface area contributed by atoms with E-state index in [0.717, 1.165) is 5.56 Å². The van der Waals surface area contributed by atoms with Gasteiger partial charge in [0.15, 0.2) is 0 Å². The average molecular weight is 191 g/mol. The molecule has 1 aromatic carbocycles. The fourth-order valence-electron chi connectivity index (χ4n) is 1.17. The Labute approximate surface area is 84.9 Å².